The zero-order chi connectivity index (χ0) is 28.9. The quantitative estimate of drug-likeness (QED) is 0.327. The van der Waals surface area contributed by atoms with E-state index in [-0.39, 0.29) is 53.3 Å². The van der Waals surface area contributed by atoms with E-state index in [9.17, 15) is 26.4 Å². The lowest BCUT2D eigenvalue weighted by Crippen LogP contribution is -2.29. The van der Waals surface area contributed by atoms with Gasteiger partial charge in [-0.3, -0.25) is 9.78 Å². The molecular formula is C25H19ClF3N5O5S2. The number of pyridine rings is 2. The minimum Gasteiger partial charge on any atom is -0.490 e. The van der Waals surface area contributed by atoms with Crippen LogP contribution in [0.25, 0.3) is 10.9 Å². The van der Waals surface area contributed by atoms with Crippen LogP contribution in [0, 0.1) is 0 Å². The highest BCUT2D eigenvalue weighted by Gasteiger charge is 2.35. The van der Waals surface area contributed by atoms with Gasteiger partial charge in [-0.15, -0.1) is 0 Å². The SMILES string of the molecule is O=C(NCc1cc2nc(N3CCOc4sc(C(F)F)nc43)ccc2cn1)c1cc(Cl)c2c(c1)S(=O)(=O)[C@@H](F)CCO2. The summed E-state index contributed by atoms with van der Waals surface area (Å²) in [5.74, 6) is -0.0938. The summed E-state index contributed by atoms with van der Waals surface area (Å²) >= 11 is 6.98. The first-order chi connectivity index (χ1) is 19.6. The monoisotopic (exact) mass is 625 g/mol. The van der Waals surface area contributed by atoms with Crippen molar-refractivity contribution in [1.82, 2.24) is 20.3 Å². The fourth-order valence-electron chi connectivity index (χ4n) is 4.39. The summed E-state index contributed by atoms with van der Waals surface area (Å²) in [5, 5.41) is 3.18. The lowest BCUT2D eigenvalue weighted by molar-refractivity contribution is 0.0950. The van der Waals surface area contributed by atoms with Crippen molar-refractivity contribution >= 4 is 61.2 Å². The number of benzene rings is 1. The molecule has 4 aromatic rings. The standard InChI is InChI=1S/C25H19ClF3N5O5S2/c26-15-7-13(8-17-20(15)38-5-3-18(27)41(17,36)37)23(35)31-11-14-9-16-12(10-30-14)1-2-19(32-16)34-4-6-39-25-22(34)33-24(40-25)21(28)29/h1-2,7-10,18,21H,3-6,11H2,(H,31,35)/t18-/m1/s1. The Labute approximate surface area is 240 Å². The number of fused-ring (bicyclic) bond motifs is 3. The third-order valence-corrected chi connectivity index (χ3v) is 9.49. The van der Waals surface area contributed by atoms with Gasteiger partial charge < -0.3 is 19.7 Å². The minimum absolute atomic E-state index is 0.0457. The first kappa shape index (κ1) is 27.5. The summed E-state index contributed by atoms with van der Waals surface area (Å²) in [6, 6.07) is 7.45. The highest BCUT2D eigenvalue weighted by Crippen LogP contribution is 2.43. The van der Waals surface area contributed by atoms with Crippen LogP contribution < -0.4 is 19.7 Å². The summed E-state index contributed by atoms with van der Waals surface area (Å²) in [7, 11) is -4.39. The van der Waals surface area contributed by atoms with Crippen LogP contribution in [-0.4, -0.2) is 54.5 Å². The molecule has 0 saturated carbocycles. The smallest absolute Gasteiger partial charge is 0.289 e. The van der Waals surface area contributed by atoms with Crippen molar-refractivity contribution in [2.24, 2.45) is 0 Å². The van der Waals surface area contributed by atoms with Gasteiger partial charge in [0.25, 0.3) is 12.3 Å². The largest absolute Gasteiger partial charge is 0.490 e. The third-order valence-electron chi connectivity index (χ3n) is 6.41. The van der Waals surface area contributed by atoms with Gasteiger partial charge in [-0.05, 0) is 30.3 Å². The Kier molecular flexibility index (Phi) is 7.11. The Morgan fingerprint density at radius 3 is 2.83 bits per heavy atom. The van der Waals surface area contributed by atoms with Crippen LogP contribution >= 0.6 is 22.9 Å². The van der Waals surface area contributed by atoms with E-state index in [1.165, 1.54) is 6.07 Å². The van der Waals surface area contributed by atoms with Gasteiger partial charge in [-0.1, -0.05) is 22.9 Å². The van der Waals surface area contributed by atoms with Crippen molar-refractivity contribution in [2.75, 3.05) is 24.7 Å². The van der Waals surface area contributed by atoms with Crippen LogP contribution in [0.2, 0.25) is 5.02 Å². The Morgan fingerprint density at radius 1 is 1.20 bits per heavy atom. The van der Waals surface area contributed by atoms with Gasteiger partial charge in [0, 0.05) is 23.6 Å². The number of hydrogen-bond acceptors (Lipinski definition) is 10. The van der Waals surface area contributed by atoms with E-state index in [0.29, 0.717) is 34.0 Å². The second kappa shape index (κ2) is 10.6. The van der Waals surface area contributed by atoms with Gasteiger partial charge in [-0.25, -0.2) is 31.6 Å². The molecule has 0 radical (unpaired) electrons. The number of halogens is 4. The fraction of sp³-hybridized carbons (Fsp3) is 0.280. The molecule has 0 unspecified atom stereocenters. The summed E-state index contributed by atoms with van der Waals surface area (Å²) in [6.45, 7) is 0.418. The molecule has 2 aliphatic rings. The number of sulfone groups is 1. The topological polar surface area (TPSA) is 124 Å². The molecular weight excluding hydrogens is 607 g/mol. The maximum Gasteiger partial charge on any atom is 0.289 e. The molecule has 1 amide bonds. The van der Waals surface area contributed by atoms with Gasteiger partial charge in [0.2, 0.25) is 20.4 Å². The molecule has 5 heterocycles. The summed E-state index contributed by atoms with van der Waals surface area (Å²) in [5.41, 5.74) is -1.30. The minimum atomic E-state index is -4.39. The Hall–Kier alpha value is -3.69. The number of nitrogens with zero attached hydrogens (tertiary/aromatic N) is 4. The zero-order valence-corrected chi connectivity index (χ0v) is 23.2. The molecule has 3 aromatic heterocycles. The van der Waals surface area contributed by atoms with Crippen LogP contribution in [0.5, 0.6) is 10.8 Å². The van der Waals surface area contributed by atoms with Crippen LogP contribution in [0.1, 0.15) is 33.9 Å². The number of amides is 1. The molecule has 0 saturated heterocycles. The molecule has 2 aliphatic heterocycles. The van der Waals surface area contributed by atoms with E-state index in [4.69, 9.17) is 21.1 Å². The van der Waals surface area contributed by atoms with Gasteiger partial charge in [0.15, 0.2) is 16.6 Å². The summed E-state index contributed by atoms with van der Waals surface area (Å²) in [6.07, 6.45) is -1.50. The molecule has 214 valence electrons. The molecule has 1 N–H and O–H groups in total. The fourth-order valence-corrected chi connectivity index (χ4v) is 6.93. The number of carbonyl (C=O) groups is 1. The van der Waals surface area contributed by atoms with E-state index in [1.54, 1.807) is 29.3 Å². The van der Waals surface area contributed by atoms with E-state index in [0.717, 1.165) is 17.4 Å². The van der Waals surface area contributed by atoms with Crippen molar-refractivity contribution in [3.05, 3.63) is 57.8 Å². The van der Waals surface area contributed by atoms with E-state index >= 15 is 0 Å². The molecule has 41 heavy (non-hydrogen) atoms. The molecule has 0 aliphatic carbocycles. The van der Waals surface area contributed by atoms with E-state index in [2.05, 4.69) is 20.3 Å². The van der Waals surface area contributed by atoms with Crippen LogP contribution in [-0.2, 0) is 16.4 Å². The molecule has 6 rings (SSSR count). The molecule has 10 nitrogen and oxygen atoms in total. The lowest BCUT2D eigenvalue weighted by atomic mass is 10.2. The Balaban J connectivity index is 1.23. The highest BCUT2D eigenvalue weighted by atomic mass is 35.5. The molecule has 1 aromatic carbocycles. The molecule has 16 heteroatoms. The van der Waals surface area contributed by atoms with Crippen LogP contribution in [0.4, 0.5) is 24.8 Å². The average molecular weight is 626 g/mol. The Bertz CT molecular complexity index is 1790. The number of aromatic nitrogens is 3. The van der Waals surface area contributed by atoms with E-state index in [1.807, 2.05) is 0 Å². The maximum absolute atomic E-state index is 14.2. The van der Waals surface area contributed by atoms with Gasteiger partial charge >= 0.3 is 0 Å². The lowest BCUT2D eigenvalue weighted by Gasteiger charge is -2.26. The zero-order valence-electron chi connectivity index (χ0n) is 20.8. The van der Waals surface area contributed by atoms with Crippen molar-refractivity contribution in [1.29, 1.82) is 0 Å². The van der Waals surface area contributed by atoms with E-state index < -0.39 is 32.6 Å². The van der Waals surface area contributed by atoms with Crippen LogP contribution in [0.15, 0.2) is 41.4 Å². The van der Waals surface area contributed by atoms with Gasteiger partial charge in [0.05, 0.1) is 35.9 Å². The number of rotatable bonds is 5. The summed E-state index contributed by atoms with van der Waals surface area (Å²) < 4.78 is 76.7. The number of carbonyl (C=O) groups excluding carboxylic acids is 1. The molecule has 0 bridgehead atoms. The second-order valence-corrected chi connectivity index (χ2v) is 12.5. The van der Waals surface area contributed by atoms with Gasteiger partial charge in [-0.2, -0.15) is 0 Å². The maximum atomic E-state index is 14.2. The Morgan fingerprint density at radius 2 is 2.02 bits per heavy atom. The number of alkyl halides is 3. The number of nitrogens with one attached hydrogen (secondary N) is 1. The molecule has 0 fully saturated rings. The normalized spacial score (nSPS) is 17.8. The molecule has 1 atom stereocenters. The van der Waals surface area contributed by atoms with Crippen molar-refractivity contribution in [3.8, 4) is 10.8 Å². The van der Waals surface area contributed by atoms with Crippen molar-refractivity contribution < 1.29 is 35.9 Å². The van der Waals surface area contributed by atoms with Crippen LogP contribution in [0.3, 0.4) is 0 Å². The summed E-state index contributed by atoms with van der Waals surface area (Å²) in [4.78, 5) is 27.1. The van der Waals surface area contributed by atoms with Crippen molar-refractivity contribution in [2.45, 2.75) is 29.8 Å². The van der Waals surface area contributed by atoms with Crippen molar-refractivity contribution in [3.63, 3.8) is 0 Å². The molecule has 0 spiro atoms. The first-order valence-electron chi connectivity index (χ1n) is 12.2. The predicted molar refractivity (Wildman–Crippen MR) is 144 cm³/mol. The average Bonchev–Trinajstić information content (AvgIpc) is 3.36. The second-order valence-electron chi connectivity index (χ2n) is 9.06. The van der Waals surface area contributed by atoms with Gasteiger partial charge in [0.1, 0.15) is 17.3 Å². The number of hydrogen-bond donors (Lipinski definition) is 1. The number of anilines is 2. The first-order valence-corrected chi connectivity index (χ1v) is 14.9. The predicted octanol–water partition coefficient (Wildman–Crippen LogP) is 4.99. The number of thiazole rings is 1. The highest BCUT2D eigenvalue weighted by molar-refractivity contribution is 7.92. The number of ether oxygens (including phenoxy) is 2. The third kappa shape index (κ3) is 5.13.